The van der Waals surface area contributed by atoms with Crippen LogP contribution in [0, 0.1) is 0 Å². The van der Waals surface area contributed by atoms with Gasteiger partial charge in [0.05, 0.1) is 12.7 Å². The van der Waals surface area contributed by atoms with Gasteiger partial charge in [0.25, 0.3) is 0 Å². The van der Waals surface area contributed by atoms with E-state index in [-0.39, 0.29) is 6.10 Å². The molecule has 2 aromatic rings. The molecule has 0 radical (unpaired) electrons. The first-order chi connectivity index (χ1) is 8.85. The molecule has 2 rings (SSSR count). The molecule has 1 aromatic carbocycles. The zero-order valence-electron chi connectivity index (χ0n) is 10.7. The summed E-state index contributed by atoms with van der Waals surface area (Å²) in [5.74, 6) is 0.881. The van der Waals surface area contributed by atoms with Gasteiger partial charge in [-0.1, -0.05) is 24.3 Å². The maximum atomic E-state index is 5.31. The van der Waals surface area contributed by atoms with Crippen molar-refractivity contribution in [2.45, 2.75) is 6.10 Å². The number of hydrogen-bond acceptors (Lipinski definition) is 4. The van der Waals surface area contributed by atoms with Crippen molar-refractivity contribution in [1.82, 2.24) is 4.98 Å². The first-order valence-corrected chi connectivity index (χ1v) is 5.94. The topological polar surface area (TPSA) is 43.4 Å². The summed E-state index contributed by atoms with van der Waals surface area (Å²) < 4.78 is 10.4. The van der Waals surface area contributed by atoms with Crippen LogP contribution < -0.4 is 5.32 Å². The van der Waals surface area contributed by atoms with Gasteiger partial charge in [0, 0.05) is 32.3 Å². The quantitative estimate of drug-likeness (QED) is 0.849. The van der Waals surface area contributed by atoms with E-state index in [0.717, 1.165) is 11.2 Å². The highest BCUT2D eigenvalue weighted by Gasteiger charge is 2.08. The van der Waals surface area contributed by atoms with Crippen molar-refractivity contribution in [3.63, 3.8) is 0 Å². The first kappa shape index (κ1) is 12.8. The number of ether oxygens (including phenoxy) is 2. The minimum Gasteiger partial charge on any atom is -0.382 e. The van der Waals surface area contributed by atoms with Crippen LogP contribution in [-0.4, -0.2) is 38.5 Å². The van der Waals surface area contributed by atoms with E-state index in [1.165, 1.54) is 5.39 Å². The summed E-state index contributed by atoms with van der Waals surface area (Å²) in [5.41, 5.74) is 0. The lowest BCUT2D eigenvalue weighted by Crippen LogP contribution is -2.26. The number of benzene rings is 1. The van der Waals surface area contributed by atoms with Crippen LogP contribution in [0.5, 0.6) is 0 Å². The predicted molar refractivity (Wildman–Crippen MR) is 72.9 cm³/mol. The lowest BCUT2D eigenvalue weighted by molar-refractivity contribution is 0.0365. The number of methoxy groups -OCH3 is 2. The van der Waals surface area contributed by atoms with Crippen LogP contribution in [-0.2, 0) is 9.47 Å². The maximum absolute atomic E-state index is 5.31. The predicted octanol–water partition coefficient (Wildman–Crippen LogP) is 2.31. The van der Waals surface area contributed by atoms with E-state index in [2.05, 4.69) is 22.4 Å². The van der Waals surface area contributed by atoms with Crippen molar-refractivity contribution in [3.8, 4) is 0 Å². The normalized spacial score (nSPS) is 12.6. The van der Waals surface area contributed by atoms with Gasteiger partial charge >= 0.3 is 0 Å². The zero-order chi connectivity index (χ0) is 12.8. The third kappa shape index (κ3) is 2.97. The highest BCUT2D eigenvalue weighted by Crippen LogP contribution is 2.20. The fraction of sp³-hybridized carbons (Fsp3) is 0.357. The van der Waals surface area contributed by atoms with Gasteiger partial charge in [-0.2, -0.15) is 0 Å². The van der Waals surface area contributed by atoms with Crippen molar-refractivity contribution < 1.29 is 9.47 Å². The molecule has 1 N–H and O–H groups in total. The average molecular weight is 246 g/mol. The van der Waals surface area contributed by atoms with Gasteiger partial charge in [-0.3, -0.25) is 0 Å². The van der Waals surface area contributed by atoms with E-state index in [4.69, 9.17) is 9.47 Å². The molecule has 0 aliphatic carbocycles. The summed E-state index contributed by atoms with van der Waals surface area (Å²) >= 11 is 0. The fourth-order valence-electron chi connectivity index (χ4n) is 1.87. The number of nitrogens with zero attached hydrogens (tertiary/aromatic N) is 1. The lowest BCUT2D eigenvalue weighted by atomic mass is 10.1. The monoisotopic (exact) mass is 246 g/mol. The second kappa shape index (κ2) is 6.33. The molecule has 96 valence electrons. The molecule has 1 atom stereocenters. The van der Waals surface area contributed by atoms with Gasteiger partial charge in [-0.25, -0.2) is 4.98 Å². The number of nitrogens with one attached hydrogen (secondary N) is 1. The maximum Gasteiger partial charge on any atom is 0.133 e. The SMILES string of the molecule is COCC(CNc1nccc2ccccc12)OC. The summed E-state index contributed by atoms with van der Waals surface area (Å²) in [7, 11) is 3.35. The highest BCUT2D eigenvalue weighted by molar-refractivity contribution is 5.91. The molecule has 0 bridgehead atoms. The molecule has 0 aliphatic heterocycles. The van der Waals surface area contributed by atoms with Crippen LogP contribution in [0.2, 0.25) is 0 Å². The van der Waals surface area contributed by atoms with Crippen molar-refractivity contribution >= 4 is 16.6 Å². The van der Waals surface area contributed by atoms with E-state index in [1.54, 1.807) is 14.2 Å². The van der Waals surface area contributed by atoms with E-state index < -0.39 is 0 Å². The van der Waals surface area contributed by atoms with Crippen molar-refractivity contribution in [2.75, 3.05) is 32.7 Å². The summed E-state index contributed by atoms with van der Waals surface area (Å²) in [5, 5.41) is 5.60. The molecule has 0 amide bonds. The number of anilines is 1. The second-order valence-electron chi connectivity index (χ2n) is 4.07. The molecule has 4 nitrogen and oxygen atoms in total. The summed E-state index contributed by atoms with van der Waals surface area (Å²) in [6, 6.07) is 10.2. The highest BCUT2D eigenvalue weighted by atomic mass is 16.5. The van der Waals surface area contributed by atoms with Crippen LogP contribution in [0.4, 0.5) is 5.82 Å². The molecule has 0 saturated heterocycles. The van der Waals surface area contributed by atoms with Crippen LogP contribution >= 0.6 is 0 Å². The molecule has 0 spiro atoms. The van der Waals surface area contributed by atoms with Crippen molar-refractivity contribution in [2.24, 2.45) is 0 Å². The van der Waals surface area contributed by atoms with E-state index in [0.29, 0.717) is 13.2 Å². The molecule has 18 heavy (non-hydrogen) atoms. The number of fused-ring (bicyclic) bond motifs is 1. The first-order valence-electron chi connectivity index (χ1n) is 5.94. The summed E-state index contributed by atoms with van der Waals surface area (Å²) in [4.78, 5) is 4.37. The number of aromatic nitrogens is 1. The molecule has 1 unspecified atom stereocenters. The number of hydrogen-bond donors (Lipinski definition) is 1. The van der Waals surface area contributed by atoms with E-state index in [9.17, 15) is 0 Å². The Balaban J connectivity index is 2.11. The van der Waals surface area contributed by atoms with Gasteiger partial charge < -0.3 is 14.8 Å². The Morgan fingerprint density at radius 1 is 1.22 bits per heavy atom. The van der Waals surface area contributed by atoms with Crippen LogP contribution in [0.15, 0.2) is 36.5 Å². The summed E-state index contributed by atoms with van der Waals surface area (Å²) in [6.07, 6.45) is 1.83. The Labute approximate surface area is 107 Å². The smallest absolute Gasteiger partial charge is 0.133 e. The minimum atomic E-state index is 0.0239. The standard InChI is InChI=1S/C14H18N2O2/c1-17-10-12(18-2)9-16-14-13-6-4-3-5-11(13)7-8-15-14/h3-8,12H,9-10H2,1-2H3,(H,15,16). The second-order valence-corrected chi connectivity index (χ2v) is 4.07. The largest absolute Gasteiger partial charge is 0.382 e. The molecular weight excluding hydrogens is 228 g/mol. The molecule has 0 aliphatic rings. The Morgan fingerprint density at radius 2 is 2.06 bits per heavy atom. The molecule has 0 fully saturated rings. The molecule has 0 saturated carbocycles. The van der Waals surface area contributed by atoms with E-state index in [1.807, 2.05) is 24.4 Å². The third-order valence-electron chi connectivity index (χ3n) is 2.86. The van der Waals surface area contributed by atoms with Crippen LogP contribution in [0.25, 0.3) is 10.8 Å². The molecular formula is C14H18N2O2. The summed E-state index contributed by atoms with van der Waals surface area (Å²) in [6.45, 7) is 1.24. The van der Waals surface area contributed by atoms with Gasteiger partial charge in [0.15, 0.2) is 0 Å². The lowest BCUT2D eigenvalue weighted by Gasteiger charge is -2.16. The van der Waals surface area contributed by atoms with Gasteiger partial charge in [-0.15, -0.1) is 0 Å². The van der Waals surface area contributed by atoms with Gasteiger partial charge in [0.2, 0.25) is 0 Å². The van der Waals surface area contributed by atoms with Crippen LogP contribution in [0.3, 0.4) is 0 Å². The van der Waals surface area contributed by atoms with Gasteiger partial charge in [0.1, 0.15) is 5.82 Å². The Morgan fingerprint density at radius 3 is 2.83 bits per heavy atom. The molecule has 1 aromatic heterocycles. The molecule has 1 heterocycles. The van der Waals surface area contributed by atoms with E-state index >= 15 is 0 Å². The van der Waals surface area contributed by atoms with Crippen LogP contribution in [0.1, 0.15) is 0 Å². The Kier molecular flexibility index (Phi) is 4.50. The number of rotatable bonds is 6. The molecule has 4 heteroatoms. The fourth-order valence-corrected chi connectivity index (χ4v) is 1.87. The van der Waals surface area contributed by atoms with Gasteiger partial charge in [-0.05, 0) is 11.5 Å². The minimum absolute atomic E-state index is 0.0239. The number of pyridine rings is 1. The Bertz CT molecular complexity index is 497. The van der Waals surface area contributed by atoms with Crippen molar-refractivity contribution in [1.29, 1.82) is 0 Å². The average Bonchev–Trinajstić information content (AvgIpc) is 2.43. The zero-order valence-corrected chi connectivity index (χ0v) is 10.7. The third-order valence-corrected chi connectivity index (χ3v) is 2.86. The Hall–Kier alpha value is -1.65. The van der Waals surface area contributed by atoms with Crippen molar-refractivity contribution in [3.05, 3.63) is 36.5 Å².